The summed E-state index contributed by atoms with van der Waals surface area (Å²) < 4.78 is 0. The summed E-state index contributed by atoms with van der Waals surface area (Å²) in [6.07, 6.45) is 1.63. The fourth-order valence-electron chi connectivity index (χ4n) is 0.932. The molecule has 1 N–H and O–H groups in total. The summed E-state index contributed by atoms with van der Waals surface area (Å²) in [6, 6.07) is 7.47. The van der Waals surface area contributed by atoms with Gasteiger partial charge in [-0.15, -0.1) is 11.8 Å². The quantitative estimate of drug-likeness (QED) is 0.386. The second-order valence-electron chi connectivity index (χ2n) is 2.62. The molecule has 0 fully saturated rings. The van der Waals surface area contributed by atoms with Gasteiger partial charge in [-0.3, -0.25) is 4.79 Å². The van der Waals surface area contributed by atoms with E-state index in [9.17, 15) is 4.79 Å². The standard InChI is InChI=1S/C10H12O2S.Mn.2O/c11-5-2-6-13-10-4-1-3-9(7-10)8-12;;;/h1,3-4,7-8,11H,2,5-6H2;;;/q;;2*-2. The molecule has 0 aromatic heterocycles. The number of hydrogen-bond acceptors (Lipinski definition) is 3. The molecule has 1 aromatic carbocycles. The first-order chi connectivity index (χ1) is 6.36. The van der Waals surface area contributed by atoms with E-state index in [1.54, 1.807) is 17.8 Å². The summed E-state index contributed by atoms with van der Waals surface area (Å²) in [6.45, 7) is 0.223. The zero-order valence-electron chi connectivity index (χ0n) is 8.47. The number of hydrogen-bond donors (Lipinski definition) is 1. The molecule has 0 aliphatic carbocycles. The van der Waals surface area contributed by atoms with Gasteiger partial charge in [-0.25, -0.2) is 0 Å². The van der Waals surface area contributed by atoms with Crippen LogP contribution in [-0.2, 0) is 28.0 Å². The Balaban J connectivity index is -0.000000563. The molecule has 0 saturated carbocycles. The van der Waals surface area contributed by atoms with Gasteiger partial charge >= 0.3 is 0 Å². The summed E-state index contributed by atoms with van der Waals surface area (Å²) in [5, 5.41) is 8.58. The van der Waals surface area contributed by atoms with Gasteiger partial charge in [-0.1, -0.05) is 12.1 Å². The van der Waals surface area contributed by atoms with Crippen LogP contribution in [0.4, 0.5) is 0 Å². The van der Waals surface area contributed by atoms with Gasteiger partial charge in [-0.05, 0) is 18.6 Å². The molecule has 1 radical (unpaired) electrons. The number of benzene rings is 1. The monoisotopic (exact) mass is 283 g/mol. The molecule has 93 valence electrons. The van der Waals surface area contributed by atoms with Crippen molar-refractivity contribution in [3.63, 3.8) is 0 Å². The molecule has 0 aliphatic rings. The molecule has 4 nitrogen and oxygen atoms in total. The molecule has 0 amide bonds. The Labute approximate surface area is 110 Å². The van der Waals surface area contributed by atoms with Crippen LogP contribution in [0.15, 0.2) is 29.2 Å². The SMILES string of the molecule is O=Cc1cccc(SCCCO)c1.[Mn].[O-2].[O-2]. The zero-order valence-corrected chi connectivity index (χ0v) is 10.5. The number of thioether (sulfide) groups is 1. The molecule has 6 heteroatoms. The molecule has 0 spiro atoms. The number of rotatable bonds is 5. The third kappa shape index (κ3) is 7.87. The molecule has 1 rings (SSSR count). The van der Waals surface area contributed by atoms with Crippen LogP contribution in [0.3, 0.4) is 0 Å². The van der Waals surface area contributed by atoms with Crippen LogP contribution in [0.1, 0.15) is 16.8 Å². The molecular weight excluding hydrogens is 271 g/mol. The summed E-state index contributed by atoms with van der Waals surface area (Å²) in [4.78, 5) is 11.5. The van der Waals surface area contributed by atoms with Crippen molar-refractivity contribution < 1.29 is 37.9 Å². The third-order valence-corrected chi connectivity index (χ3v) is 2.65. The van der Waals surface area contributed by atoms with Crippen LogP contribution in [0.2, 0.25) is 0 Å². The Hall–Kier alpha value is -0.361. The normalized spacial score (nSPS) is 8.06. The summed E-state index contributed by atoms with van der Waals surface area (Å²) >= 11 is 1.66. The molecule has 0 saturated heterocycles. The molecule has 0 bridgehead atoms. The van der Waals surface area contributed by atoms with Gasteiger partial charge in [-0.2, -0.15) is 0 Å². The van der Waals surface area contributed by atoms with Crippen molar-refractivity contribution in [1.29, 1.82) is 0 Å². The summed E-state index contributed by atoms with van der Waals surface area (Å²) in [5.74, 6) is 0.888. The van der Waals surface area contributed by atoms with E-state index in [2.05, 4.69) is 0 Å². The summed E-state index contributed by atoms with van der Waals surface area (Å²) in [7, 11) is 0. The van der Waals surface area contributed by atoms with E-state index in [1.165, 1.54) is 0 Å². The summed E-state index contributed by atoms with van der Waals surface area (Å²) in [5.41, 5.74) is 0.703. The predicted molar refractivity (Wildman–Crippen MR) is 55.6 cm³/mol. The van der Waals surface area contributed by atoms with Crippen LogP contribution in [-0.4, -0.2) is 23.8 Å². The first-order valence-corrected chi connectivity index (χ1v) is 5.14. The van der Waals surface area contributed by atoms with Crippen molar-refractivity contribution in [2.45, 2.75) is 11.3 Å². The van der Waals surface area contributed by atoms with E-state index in [0.717, 1.165) is 23.4 Å². The van der Waals surface area contributed by atoms with Crippen LogP contribution in [0, 0.1) is 0 Å². The molecule has 0 unspecified atom stereocenters. The largest absolute Gasteiger partial charge is 2.00 e. The van der Waals surface area contributed by atoms with Crippen molar-refractivity contribution in [2.24, 2.45) is 0 Å². The minimum absolute atomic E-state index is 0. The maximum Gasteiger partial charge on any atom is 0.150 e. The molecule has 0 aliphatic heterocycles. The van der Waals surface area contributed by atoms with E-state index in [-0.39, 0.29) is 34.6 Å². The minimum Gasteiger partial charge on any atom is -2.00 e. The van der Waals surface area contributed by atoms with Gasteiger partial charge in [0.05, 0.1) is 0 Å². The third-order valence-electron chi connectivity index (χ3n) is 1.57. The molecular formula is C10H12MnO4S-4. The Morgan fingerprint density at radius 2 is 2.00 bits per heavy atom. The maximum absolute atomic E-state index is 10.4. The smallest absolute Gasteiger partial charge is 0.150 e. The Kier molecular flexibility index (Phi) is 16.7. The molecule has 0 atom stereocenters. The van der Waals surface area contributed by atoms with E-state index < -0.39 is 0 Å². The number of aliphatic hydroxyl groups excluding tert-OH is 1. The van der Waals surface area contributed by atoms with Gasteiger partial charge in [0.15, 0.2) is 0 Å². The Bertz CT molecular complexity index is 283. The maximum atomic E-state index is 10.4. The van der Waals surface area contributed by atoms with Crippen molar-refractivity contribution in [3.05, 3.63) is 29.8 Å². The topological polar surface area (TPSA) is 94.3 Å². The number of carbonyl (C=O) groups is 1. The van der Waals surface area contributed by atoms with Gasteiger partial charge in [0.25, 0.3) is 0 Å². The van der Waals surface area contributed by atoms with Crippen molar-refractivity contribution >= 4 is 18.0 Å². The Morgan fingerprint density at radius 1 is 1.31 bits per heavy atom. The average Bonchev–Trinajstić information content (AvgIpc) is 2.19. The van der Waals surface area contributed by atoms with E-state index in [4.69, 9.17) is 5.11 Å². The van der Waals surface area contributed by atoms with Gasteiger partial charge in [0.1, 0.15) is 6.29 Å². The number of aliphatic hydroxyl groups is 1. The van der Waals surface area contributed by atoms with Gasteiger partial charge in [0.2, 0.25) is 0 Å². The predicted octanol–water partition coefficient (Wildman–Crippen LogP) is 1.73. The fraction of sp³-hybridized carbons (Fsp3) is 0.300. The van der Waals surface area contributed by atoms with Gasteiger partial charge < -0.3 is 16.1 Å². The Morgan fingerprint density at radius 3 is 2.56 bits per heavy atom. The first-order valence-electron chi connectivity index (χ1n) is 4.15. The zero-order chi connectivity index (χ0) is 9.52. The van der Waals surface area contributed by atoms with Crippen molar-refractivity contribution in [1.82, 2.24) is 0 Å². The number of carbonyl (C=O) groups excluding carboxylic acids is 1. The van der Waals surface area contributed by atoms with Crippen LogP contribution < -0.4 is 0 Å². The van der Waals surface area contributed by atoms with Crippen molar-refractivity contribution in [3.8, 4) is 0 Å². The second kappa shape index (κ2) is 12.7. The van der Waals surface area contributed by atoms with E-state index in [0.29, 0.717) is 5.56 Å². The van der Waals surface area contributed by atoms with E-state index in [1.807, 2.05) is 18.2 Å². The molecule has 16 heavy (non-hydrogen) atoms. The second-order valence-corrected chi connectivity index (χ2v) is 3.78. The van der Waals surface area contributed by atoms with Gasteiger partial charge in [0, 0.05) is 39.9 Å². The molecule has 0 heterocycles. The van der Waals surface area contributed by atoms with Crippen LogP contribution in [0.25, 0.3) is 0 Å². The average molecular weight is 283 g/mol. The van der Waals surface area contributed by atoms with Crippen LogP contribution in [0.5, 0.6) is 0 Å². The number of aldehydes is 1. The molecule has 1 aromatic rings. The van der Waals surface area contributed by atoms with E-state index >= 15 is 0 Å². The van der Waals surface area contributed by atoms with Crippen molar-refractivity contribution in [2.75, 3.05) is 12.4 Å². The fourth-order valence-corrected chi connectivity index (χ4v) is 1.84. The van der Waals surface area contributed by atoms with Crippen LogP contribution >= 0.6 is 11.8 Å². The minimum atomic E-state index is 0. The first kappa shape index (κ1) is 21.0.